The van der Waals surface area contributed by atoms with Gasteiger partial charge in [-0.3, -0.25) is 0 Å². The normalized spacial score (nSPS) is 14.8. The highest BCUT2D eigenvalue weighted by Crippen LogP contribution is 2.45. The highest BCUT2D eigenvalue weighted by molar-refractivity contribution is 6.08. The molecule has 86 valence electrons. The zero-order chi connectivity index (χ0) is 11.6. The summed E-state index contributed by atoms with van der Waals surface area (Å²) >= 11 is 0. The Hall–Kier alpha value is -0.243. The van der Waals surface area contributed by atoms with Gasteiger partial charge in [0.2, 0.25) is 0 Å². The minimum absolute atomic E-state index is 0.276. The molecule has 0 radical (unpaired) electrons. The average Bonchev–Trinajstić information content (AvgIpc) is 1.95. The molecule has 0 aliphatic rings. The van der Waals surface area contributed by atoms with Crippen LogP contribution in [-0.2, 0) is 0 Å². The van der Waals surface area contributed by atoms with Crippen molar-refractivity contribution in [1.82, 2.24) is 0 Å². The maximum absolute atomic E-state index is 12.0. The fourth-order valence-electron chi connectivity index (χ4n) is 0.877. The number of hydrogen-bond acceptors (Lipinski definition) is 1. The van der Waals surface area contributed by atoms with Crippen molar-refractivity contribution in [2.24, 2.45) is 0 Å². The second kappa shape index (κ2) is 4.09. The molecular formula is C6H10F6OSi. The molecule has 0 spiro atoms. The Kier molecular flexibility index (Phi) is 4.02. The summed E-state index contributed by atoms with van der Waals surface area (Å²) in [4.78, 5) is 0. The third-order valence-electron chi connectivity index (χ3n) is 1.83. The zero-order valence-electron chi connectivity index (χ0n) is 7.34. The molecule has 0 aromatic carbocycles. The standard InChI is InChI=1S/C6H10F6OSi/c7-5(8,9)4(13,2-1-3-14)6(10,11)12/h13H,1-3H2,14H3. The van der Waals surface area contributed by atoms with Crippen LogP contribution < -0.4 is 0 Å². The molecule has 14 heavy (non-hydrogen) atoms. The van der Waals surface area contributed by atoms with Crippen molar-refractivity contribution in [3.63, 3.8) is 0 Å². The van der Waals surface area contributed by atoms with E-state index in [4.69, 9.17) is 5.11 Å². The van der Waals surface area contributed by atoms with E-state index in [0.717, 1.165) is 0 Å². The highest BCUT2D eigenvalue weighted by atomic mass is 28.1. The topological polar surface area (TPSA) is 20.2 Å². The van der Waals surface area contributed by atoms with Gasteiger partial charge in [0.25, 0.3) is 5.60 Å². The van der Waals surface area contributed by atoms with Gasteiger partial charge in [0.1, 0.15) is 0 Å². The van der Waals surface area contributed by atoms with Crippen molar-refractivity contribution < 1.29 is 31.4 Å². The molecule has 8 heteroatoms. The second-order valence-corrected chi connectivity index (χ2v) is 3.96. The summed E-state index contributed by atoms with van der Waals surface area (Å²) in [6.45, 7) is 0. The lowest BCUT2D eigenvalue weighted by atomic mass is 9.97. The van der Waals surface area contributed by atoms with E-state index in [1.54, 1.807) is 0 Å². The van der Waals surface area contributed by atoms with Crippen LogP contribution in [0.5, 0.6) is 0 Å². The number of rotatable bonds is 3. The van der Waals surface area contributed by atoms with Crippen molar-refractivity contribution in [3.05, 3.63) is 0 Å². The molecule has 0 aliphatic carbocycles. The fourth-order valence-corrected chi connectivity index (χ4v) is 1.23. The van der Waals surface area contributed by atoms with E-state index in [-0.39, 0.29) is 12.5 Å². The molecule has 0 atom stereocenters. The van der Waals surface area contributed by atoms with Crippen LogP contribution in [-0.4, -0.2) is 33.3 Å². The van der Waals surface area contributed by atoms with Crippen LogP contribution >= 0.6 is 0 Å². The minimum Gasteiger partial charge on any atom is -0.374 e. The molecule has 0 saturated heterocycles. The van der Waals surface area contributed by atoms with Crippen molar-refractivity contribution in [2.75, 3.05) is 0 Å². The first-order chi connectivity index (χ1) is 6.06. The van der Waals surface area contributed by atoms with Crippen molar-refractivity contribution in [3.8, 4) is 0 Å². The number of hydrogen-bond donors (Lipinski definition) is 1. The summed E-state index contributed by atoms with van der Waals surface area (Å²) in [5.41, 5.74) is -4.55. The molecule has 0 saturated carbocycles. The van der Waals surface area contributed by atoms with Crippen LogP contribution in [0.15, 0.2) is 0 Å². The lowest BCUT2D eigenvalue weighted by Crippen LogP contribution is -2.56. The van der Waals surface area contributed by atoms with E-state index in [2.05, 4.69) is 0 Å². The third-order valence-corrected chi connectivity index (χ3v) is 2.54. The third kappa shape index (κ3) is 2.63. The highest BCUT2D eigenvalue weighted by Gasteiger charge is 2.69. The molecule has 0 rings (SSSR count). The molecular weight excluding hydrogens is 230 g/mol. The second-order valence-electron chi connectivity index (χ2n) is 2.96. The maximum Gasteiger partial charge on any atom is 0.426 e. The van der Waals surface area contributed by atoms with Crippen LogP contribution in [0.4, 0.5) is 26.3 Å². The molecule has 0 bridgehead atoms. The van der Waals surface area contributed by atoms with E-state index in [1.165, 1.54) is 0 Å². The Balaban J connectivity index is 4.87. The van der Waals surface area contributed by atoms with E-state index >= 15 is 0 Å². The zero-order valence-corrected chi connectivity index (χ0v) is 9.34. The fraction of sp³-hybridized carbons (Fsp3) is 1.00. The SMILES string of the molecule is OC(CCC[SiH3])(C(F)(F)F)C(F)(F)F. The van der Waals surface area contributed by atoms with Crippen molar-refractivity contribution in [2.45, 2.75) is 36.8 Å². The Morgan fingerprint density at radius 2 is 1.29 bits per heavy atom. The predicted octanol–water partition coefficient (Wildman–Crippen LogP) is 1.41. The van der Waals surface area contributed by atoms with Crippen LogP contribution in [0, 0.1) is 0 Å². The summed E-state index contributed by atoms with van der Waals surface area (Å²) in [5, 5.41) is 8.58. The van der Waals surface area contributed by atoms with Gasteiger partial charge in [-0.25, -0.2) is 0 Å². The molecule has 0 aliphatic heterocycles. The average molecular weight is 240 g/mol. The van der Waals surface area contributed by atoms with Crippen LogP contribution in [0.1, 0.15) is 12.8 Å². The Morgan fingerprint density at radius 1 is 0.929 bits per heavy atom. The first-order valence-electron chi connectivity index (χ1n) is 3.92. The van der Waals surface area contributed by atoms with Gasteiger partial charge in [-0.05, 0) is 6.42 Å². The maximum atomic E-state index is 12.0. The van der Waals surface area contributed by atoms with Gasteiger partial charge in [0.05, 0.1) is 0 Å². The first kappa shape index (κ1) is 13.8. The van der Waals surface area contributed by atoms with Gasteiger partial charge in [-0.1, -0.05) is 12.5 Å². The largest absolute Gasteiger partial charge is 0.426 e. The summed E-state index contributed by atoms with van der Waals surface area (Å²) in [7, 11) is 0.510. The monoisotopic (exact) mass is 240 g/mol. The summed E-state index contributed by atoms with van der Waals surface area (Å²) in [6, 6.07) is 0.286. The number of halogens is 6. The molecule has 0 fully saturated rings. The van der Waals surface area contributed by atoms with Gasteiger partial charge in [0, 0.05) is 10.2 Å². The van der Waals surface area contributed by atoms with Crippen LogP contribution in [0.25, 0.3) is 0 Å². The molecule has 0 unspecified atom stereocenters. The van der Waals surface area contributed by atoms with Crippen molar-refractivity contribution >= 4 is 10.2 Å². The van der Waals surface area contributed by atoms with Crippen LogP contribution in [0.2, 0.25) is 6.04 Å². The number of aliphatic hydroxyl groups is 1. The quantitative estimate of drug-likeness (QED) is 0.584. The van der Waals surface area contributed by atoms with E-state index in [1.807, 2.05) is 0 Å². The predicted molar refractivity (Wildman–Crippen MR) is 41.0 cm³/mol. The molecule has 0 heterocycles. The van der Waals surface area contributed by atoms with Gasteiger partial charge < -0.3 is 5.11 Å². The molecule has 1 N–H and O–H groups in total. The molecule has 0 amide bonds. The van der Waals surface area contributed by atoms with E-state index in [9.17, 15) is 26.3 Å². The molecule has 1 nitrogen and oxygen atoms in total. The Bertz CT molecular complexity index is 172. The van der Waals surface area contributed by atoms with Gasteiger partial charge in [-0.15, -0.1) is 0 Å². The van der Waals surface area contributed by atoms with Gasteiger partial charge in [-0.2, -0.15) is 26.3 Å². The van der Waals surface area contributed by atoms with Crippen LogP contribution in [0.3, 0.4) is 0 Å². The summed E-state index contributed by atoms with van der Waals surface area (Å²) in [6.07, 6.45) is -12.9. The smallest absolute Gasteiger partial charge is 0.374 e. The first-order valence-corrected chi connectivity index (χ1v) is 5.33. The van der Waals surface area contributed by atoms with E-state index < -0.39 is 24.4 Å². The lowest BCUT2D eigenvalue weighted by molar-refractivity contribution is -0.369. The Morgan fingerprint density at radius 3 is 1.50 bits per heavy atom. The van der Waals surface area contributed by atoms with E-state index in [0.29, 0.717) is 10.2 Å². The van der Waals surface area contributed by atoms with Gasteiger partial charge >= 0.3 is 12.4 Å². The van der Waals surface area contributed by atoms with Gasteiger partial charge in [0.15, 0.2) is 0 Å². The molecule has 0 aromatic heterocycles. The van der Waals surface area contributed by atoms with Crippen molar-refractivity contribution in [1.29, 1.82) is 0 Å². The number of alkyl halides is 6. The Labute approximate surface area is 79.5 Å². The lowest BCUT2D eigenvalue weighted by Gasteiger charge is -2.32. The summed E-state index contributed by atoms with van der Waals surface area (Å²) in [5.74, 6) is 0. The summed E-state index contributed by atoms with van der Waals surface area (Å²) < 4.78 is 71.8. The molecule has 0 aromatic rings. The minimum atomic E-state index is -5.66.